The normalized spacial score (nSPS) is 11.6. The highest BCUT2D eigenvalue weighted by Gasteiger charge is 2.33. The lowest BCUT2D eigenvalue weighted by atomic mass is 10.2. The van der Waals surface area contributed by atoms with Gasteiger partial charge in [0.25, 0.3) is 5.91 Å². The molecule has 30 heavy (non-hydrogen) atoms. The highest BCUT2D eigenvalue weighted by molar-refractivity contribution is 6.31. The van der Waals surface area contributed by atoms with Crippen LogP contribution in [-0.2, 0) is 18.0 Å². The number of fused-ring (bicyclic) bond motifs is 1. The molecule has 2 amide bonds. The molecule has 3 aromatic rings. The third-order valence-electron chi connectivity index (χ3n) is 4.39. The summed E-state index contributed by atoms with van der Waals surface area (Å²) in [5, 5.41) is 6.82. The van der Waals surface area contributed by atoms with E-state index in [2.05, 4.69) is 15.4 Å². The second-order valence-corrected chi connectivity index (χ2v) is 7.11. The molecule has 158 valence electrons. The SMILES string of the molecule is Cc1nn(C)c2ncc(C(=O)N(C)CC(=O)Nc3ccc(Cl)c(C(F)(F)F)c3)cc12. The van der Waals surface area contributed by atoms with Crippen LogP contribution in [0.1, 0.15) is 21.6 Å². The maximum Gasteiger partial charge on any atom is 0.417 e. The van der Waals surface area contributed by atoms with E-state index in [0.29, 0.717) is 16.7 Å². The third-order valence-corrected chi connectivity index (χ3v) is 4.72. The summed E-state index contributed by atoms with van der Waals surface area (Å²) in [6, 6.07) is 4.67. The van der Waals surface area contributed by atoms with Gasteiger partial charge in [-0.15, -0.1) is 0 Å². The Bertz CT molecular complexity index is 1140. The lowest BCUT2D eigenvalue weighted by Gasteiger charge is -2.17. The largest absolute Gasteiger partial charge is 0.417 e. The molecule has 0 spiro atoms. The molecule has 1 aromatic carbocycles. The third kappa shape index (κ3) is 4.38. The molecule has 0 aliphatic rings. The minimum absolute atomic E-state index is 0.0772. The number of carbonyl (C=O) groups is 2. The zero-order valence-corrected chi connectivity index (χ0v) is 17.0. The van der Waals surface area contributed by atoms with Gasteiger partial charge in [-0.1, -0.05) is 11.6 Å². The topological polar surface area (TPSA) is 80.1 Å². The van der Waals surface area contributed by atoms with Gasteiger partial charge in [-0.25, -0.2) is 4.98 Å². The molecule has 0 radical (unpaired) electrons. The molecule has 11 heteroatoms. The Hall–Kier alpha value is -3.14. The van der Waals surface area contributed by atoms with Gasteiger partial charge in [0.2, 0.25) is 5.91 Å². The molecule has 2 heterocycles. The maximum atomic E-state index is 12.9. The predicted octanol–water partition coefficient (Wildman–Crippen LogP) is 3.66. The predicted molar refractivity (Wildman–Crippen MR) is 105 cm³/mol. The number of amides is 2. The molecular formula is C19H17ClF3N5O2. The van der Waals surface area contributed by atoms with Crippen LogP contribution in [0.25, 0.3) is 11.0 Å². The van der Waals surface area contributed by atoms with Gasteiger partial charge in [-0.2, -0.15) is 18.3 Å². The Morgan fingerprint density at radius 2 is 1.97 bits per heavy atom. The summed E-state index contributed by atoms with van der Waals surface area (Å²) in [5.41, 5.74) is 0.454. The molecule has 0 bridgehead atoms. The van der Waals surface area contributed by atoms with Crippen molar-refractivity contribution < 1.29 is 22.8 Å². The number of aryl methyl sites for hydroxylation is 2. The van der Waals surface area contributed by atoms with Crippen molar-refractivity contribution in [2.24, 2.45) is 7.05 Å². The van der Waals surface area contributed by atoms with Crippen LogP contribution in [0.5, 0.6) is 0 Å². The fraction of sp³-hybridized carbons (Fsp3) is 0.263. The van der Waals surface area contributed by atoms with Crippen molar-refractivity contribution in [1.82, 2.24) is 19.7 Å². The van der Waals surface area contributed by atoms with Gasteiger partial charge in [0.05, 0.1) is 28.4 Å². The summed E-state index contributed by atoms with van der Waals surface area (Å²) < 4.78 is 40.4. The van der Waals surface area contributed by atoms with Crippen LogP contribution in [0.15, 0.2) is 30.5 Å². The second-order valence-electron chi connectivity index (χ2n) is 6.71. The summed E-state index contributed by atoms with van der Waals surface area (Å²) in [7, 11) is 3.15. The van der Waals surface area contributed by atoms with Crippen LogP contribution in [0.4, 0.5) is 18.9 Å². The summed E-state index contributed by atoms with van der Waals surface area (Å²) in [6.45, 7) is 1.42. The van der Waals surface area contributed by atoms with E-state index in [0.717, 1.165) is 17.0 Å². The zero-order valence-electron chi connectivity index (χ0n) is 16.2. The minimum Gasteiger partial charge on any atom is -0.332 e. The number of aromatic nitrogens is 3. The second kappa shape index (κ2) is 7.94. The van der Waals surface area contributed by atoms with E-state index in [-0.39, 0.29) is 17.8 Å². The highest BCUT2D eigenvalue weighted by Crippen LogP contribution is 2.36. The van der Waals surface area contributed by atoms with Crippen molar-refractivity contribution in [2.75, 3.05) is 18.9 Å². The summed E-state index contributed by atoms with van der Waals surface area (Å²) in [5.74, 6) is -1.12. The Morgan fingerprint density at radius 1 is 1.27 bits per heavy atom. The Balaban J connectivity index is 1.71. The number of anilines is 1. The van der Waals surface area contributed by atoms with Crippen molar-refractivity contribution in [3.63, 3.8) is 0 Å². The van der Waals surface area contributed by atoms with Gasteiger partial charge < -0.3 is 10.2 Å². The molecule has 2 aromatic heterocycles. The van der Waals surface area contributed by atoms with Crippen LogP contribution in [0.2, 0.25) is 5.02 Å². The van der Waals surface area contributed by atoms with E-state index in [1.807, 2.05) is 0 Å². The highest BCUT2D eigenvalue weighted by atomic mass is 35.5. The van der Waals surface area contributed by atoms with Crippen molar-refractivity contribution >= 4 is 40.1 Å². The van der Waals surface area contributed by atoms with Crippen LogP contribution in [-0.4, -0.2) is 45.1 Å². The van der Waals surface area contributed by atoms with E-state index in [4.69, 9.17) is 11.6 Å². The van der Waals surface area contributed by atoms with Gasteiger partial charge in [-0.05, 0) is 31.2 Å². The number of pyridine rings is 1. The van der Waals surface area contributed by atoms with E-state index in [9.17, 15) is 22.8 Å². The number of carbonyl (C=O) groups excluding carboxylic acids is 2. The first-order valence-electron chi connectivity index (χ1n) is 8.69. The molecule has 0 aliphatic heterocycles. The molecule has 0 aliphatic carbocycles. The van der Waals surface area contributed by atoms with E-state index in [1.54, 1.807) is 24.7 Å². The number of halogens is 4. The monoisotopic (exact) mass is 439 g/mol. The first-order valence-corrected chi connectivity index (χ1v) is 9.06. The average Bonchev–Trinajstić information content (AvgIpc) is 2.95. The summed E-state index contributed by atoms with van der Waals surface area (Å²) >= 11 is 5.57. The van der Waals surface area contributed by atoms with E-state index in [1.165, 1.54) is 19.3 Å². The summed E-state index contributed by atoms with van der Waals surface area (Å²) in [6.07, 6.45) is -3.27. The molecule has 0 atom stereocenters. The minimum atomic E-state index is -4.65. The van der Waals surface area contributed by atoms with Gasteiger partial charge in [0.15, 0.2) is 5.65 Å². The number of alkyl halides is 3. The first kappa shape index (κ1) is 21.6. The molecular weight excluding hydrogens is 423 g/mol. The molecule has 0 saturated heterocycles. The number of nitrogens with zero attached hydrogens (tertiary/aromatic N) is 4. The zero-order chi connectivity index (χ0) is 22.2. The maximum absolute atomic E-state index is 12.9. The first-order chi connectivity index (χ1) is 14.0. The van der Waals surface area contributed by atoms with Gasteiger partial charge >= 0.3 is 6.18 Å². The molecule has 7 nitrogen and oxygen atoms in total. The molecule has 1 N–H and O–H groups in total. The standard InChI is InChI=1S/C19H17ClF3N5O2/c1-10-13-6-11(8-24-17(13)28(3)26-10)18(30)27(2)9-16(29)25-12-4-5-15(20)14(7-12)19(21,22)23/h4-8H,9H2,1-3H3,(H,25,29). The van der Waals surface area contributed by atoms with Gasteiger partial charge in [-0.3, -0.25) is 14.3 Å². The fourth-order valence-corrected chi connectivity index (χ4v) is 3.18. The smallest absolute Gasteiger partial charge is 0.332 e. The lowest BCUT2D eigenvalue weighted by Crippen LogP contribution is -2.35. The average molecular weight is 440 g/mol. The molecule has 0 unspecified atom stereocenters. The fourth-order valence-electron chi connectivity index (χ4n) is 2.95. The number of likely N-dealkylation sites (N-methyl/N-ethyl adjacent to an activating group) is 1. The Kier molecular flexibility index (Phi) is 5.71. The van der Waals surface area contributed by atoms with Crippen LogP contribution in [0.3, 0.4) is 0 Å². The van der Waals surface area contributed by atoms with Crippen molar-refractivity contribution in [2.45, 2.75) is 13.1 Å². The number of hydrogen-bond acceptors (Lipinski definition) is 4. The van der Waals surface area contributed by atoms with Crippen LogP contribution < -0.4 is 5.32 Å². The van der Waals surface area contributed by atoms with Crippen molar-refractivity contribution in [3.8, 4) is 0 Å². The van der Waals surface area contributed by atoms with Gasteiger partial charge in [0.1, 0.15) is 0 Å². The number of hydrogen-bond donors (Lipinski definition) is 1. The number of nitrogens with one attached hydrogen (secondary N) is 1. The van der Waals surface area contributed by atoms with E-state index < -0.39 is 28.6 Å². The Morgan fingerprint density at radius 3 is 2.63 bits per heavy atom. The number of rotatable bonds is 4. The van der Waals surface area contributed by atoms with Crippen LogP contribution >= 0.6 is 11.6 Å². The van der Waals surface area contributed by atoms with E-state index >= 15 is 0 Å². The lowest BCUT2D eigenvalue weighted by molar-refractivity contribution is -0.137. The van der Waals surface area contributed by atoms with Crippen LogP contribution in [0, 0.1) is 6.92 Å². The summed E-state index contributed by atoms with van der Waals surface area (Å²) in [4.78, 5) is 30.2. The molecule has 3 rings (SSSR count). The van der Waals surface area contributed by atoms with Gasteiger partial charge in [0, 0.05) is 31.4 Å². The number of benzene rings is 1. The van der Waals surface area contributed by atoms with Crippen molar-refractivity contribution in [1.29, 1.82) is 0 Å². The molecule has 0 fully saturated rings. The molecule has 0 saturated carbocycles. The van der Waals surface area contributed by atoms with Crippen molar-refractivity contribution in [3.05, 3.63) is 52.3 Å². The quantitative estimate of drug-likeness (QED) is 0.672. The Labute approximate surface area is 174 Å².